The van der Waals surface area contributed by atoms with Gasteiger partial charge < -0.3 is 9.64 Å². The number of fused-ring (bicyclic) bond motifs is 1. The first-order valence-corrected chi connectivity index (χ1v) is 9.42. The lowest BCUT2D eigenvalue weighted by Crippen LogP contribution is -2.47. The molecular weight excluding hydrogens is 404 g/mol. The third-order valence-electron chi connectivity index (χ3n) is 5.06. The summed E-state index contributed by atoms with van der Waals surface area (Å²) in [5.74, 6) is 0.441. The zero-order valence-electron chi connectivity index (χ0n) is 16.2. The lowest BCUT2D eigenvalue weighted by molar-refractivity contribution is -0.138. The fraction of sp³-hybridized carbons (Fsp3) is 0.421. The minimum atomic E-state index is -4.14. The number of anilines is 1. The highest BCUT2D eigenvalue weighted by Crippen LogP contribution is 2.32. The smallest absolute Gasteiger partial charge is 0.390 e. The Labute approximate surface area is 169 Å². The van der Waals surface area contributed by atoms with Gasteiger partial charge in [0.1, 0.15) is 11.6 Å². The van der Waals surface area contributed by atoms with Gasteiger partial charge in [0, 0.05) is 38.9 Å². The minimum Gasteiger partial charge on any atom is -0.481 e. The Morgan fingerprint density at radius 3 is 2.57 bits per heavy atom. The maximum atomic E-state index is 13.8. The highest BCUT2D eigenvalue weighted by Gasteiger charge is 2.29. The van der Waals surface area contributed by atoms with Crippen molar-refractivity contribution < 1.29 is 22.3 Å². The normalized spacial score (nSPS) is 15.7. The van der Waals surface area contributed by atoms with E-state index in [-0.39, 0.29) is 12.4 Å². The van der Waals surface area contributed by atoms with Gasteiger partial charge in [-0.05, 0) is 12.1 Å². The van der Waals surface area contributed by atoms with Crippen LogP contribution in [-0.4, -0.2) is 70.5 Å². The third kappa shape index (κ3) is 4.30. The monoisotopic (exact) mass is 424 g/mol. The molecular formula is C19H20F4N6O. The molecule has 0 unspecified atom stereocenters. The molecule has 4 heterocycles. The summed E-state index contributed by atoms with van der Waals surface area (Å²) in [5.41, 5.74) is 1.52. The largest absolute Gasteiger partial charge is 0.481 e. The molecule has 0 bridgehead atoms. The van der Waals surface area contributed by atoms with Gasteiger partial charge in [-0.1, -0.05) is 0 Å². The van der Waals surface area contributed by atoms with E-state index in [4.69, 9.17) is 4.74 Å². The standard InChI is InChI=1S/C19H20F4N6O/c1-30-18-14(10-13(20)11-24-18)15-12-25-29-4-2-16(26-17(15)29)28-8-6-27(7-9-28)5-3-19(21,22)23/h2,4,10-12H,3,5-9H2,1H3. The van der Waals surface area contributed by atoms with Crippen LogP contribution in [0.3, 0.4) is 0 Å². The van der Waals surface area contributed by atoms with E-state index < -0.39 is 18.4 Å². The molecule has 1 aliphatic rings. The van der Waals surface area contributed by atoms with Crippen molar-refractivity contribution in [3.8, 4) is 17.0 Å². The van der Waals surface area contributed by atoms with E-state index in [9.17, 15) is 17.6 Å². The Balaban J connectivity index is 1.55. The number of aromatic nitrogens is 4. The summed E-state index contributed by atoms with van der Waals surface area (Å²) in [6.07, 6.45) is -0.559. The molecule has 0 radical (unpaired) electrons. The Hall–Kier alpha value is -2.95. The van der Waals surface area contributed by atoms with Crippen LogP contribution in [0.2, 0.25) is 0 Å². The van der Waals surface area contributed by atoms with Crippen molar-refractivity contribution in [2.45, 2.75) is 12.6 Å². The van der Waals surface area contributed by atoms with Crippen LogP contribution in [0.4, 0.5) is 23.4 Å². The van der Waals surface area contributed by atoms with Gasteiger partial charge in [-0.3, -0.25) is 4.90 Å². The number of piperazine rings is 1. The first kappa shape index (κ1) is 20.3. The van der Waals surface area contributed by atoms with Crippen LogP contribution in [0.25, 0.3) is 16.8 Å². The second-order valence-corrected chi connectivity index (χ2v) is 7.02. The number of pyridine rings is 1. The van der Waals surface area contributed by atoms with Crippen molar-refractivity contribution in [3.05, 3.63) is 36.5 Å². The molecule has 4 rings (SSSR count). The van der Waals surface area contributed by atoms with E-state index >= 15 is 0 Å². The quantitative estimate of drug-likeness (QED) is 0.587. The molecule has 160 valence electrons. The molecule has 0 aromatic carbocycles. The Kier molecular flexibility index (Phi) is 5.46. The summed E-state index contributed by atoms with van der Waals surface area (Å²) in [6, 6.07) is 3.12. The average Bonchev–Trinajstić information content (AvgIpc) is 3.15. The number of ether oxygens (including phenoxy) is 1. The highest BCUT2D eigenvalue weighted by molar-refractivity contribution is 5.80. The van der Waals surface area contributed by atoms with Gasteiger partial charge in [0.2, 0.25) is 5.88 Å². The lowest BCUT2D eigenvalue weighted by Gasteiger charge is -2.35. The second kappa shape index (κ2) is 8.05. The van der Waals surface area contributed by atoms with Gasteiger partial charge >= 0.3 is 6.18 Å². The van der Waals surface area contributed by atoms with Crippen molar-refractivity contribution in [2.24, 2.45) is 0 Å². The predicted molar refractivity (Wildman–Crippen MR) is 102 cm³/mol. The number of rotatable bonds is 5. The number of hydrogen-bond acceptors (Lipinski definition) is 6. The maximum Gasteiger partial charge on any atom is 0.390 e. The molecule has 3 aromatic rings. The minimum absolute atomic E-state index is 0.00292. The summed E-state index contributed by atoms with van der Waals surface area (Å²) in [6.45, 7) is 2.18. The third-order valence-corrected chi connectivity index (χ3v) is 5.06. The van der Waals surface area contributed by atoms with Crippen LogP contribution in [0, 0.1) is 5.82 Å². The number of methoxy groups -OCH3 is 1. The zero-order valence-corrected chi connectivity index (χ0v) is 16.2. The van der Waals surface area contributed by atoms with E-state index in [1.165, 1.54) is 13.2 Å². The van der Waals surface area contributed by atoms with Crippen molar-refractivity contribution in [1.29, 1.82) is 0 Å². The van der Waals surface area contributed by atoms with Gasteiger partial charge in [0.15, 0.2) is 5.65 Å². The molecule has 0 aliphatic carbocycles. The van der Waals surface area contributed by atoms with E-state index in [0.717, 1.165) is 6.20 Å². The molecule has 3 aromatic heterocycles. The number of alkyl halides is 3. The molecule has 0 spiro atoms. The first-order valence-electron chi connectivity index (χ1n) is 9.42. The number of hydrogen-bond donors (Lipinski definition) is 0. The molecule has 1 fully saturated rings. The summed E-state index contributed by atoms with van der Waals surface area (Å²) >= 11 is 0. The predicted octanol–water partition coefficient (Wildman–Crippen LogP) is 3.01. The fourth-order valence-electron chi connectivity index (χ4n) is 3.49. The Bertz CT molecular complexity index is 1030. The summed E-state index contributed by atoms with van der Waals surface area (Å²) < 4.78 is 57.9. The van der Waals surface area contributed by atoms with E-state index in [2.05, 4.69) is 15.1 Å². The van der Waals surface area contributed by atoms with Crippen molar-refractivity contribution in [2.75, 3.05) is 44.7 Å². The van der Waals surface area contributed by atoms with Crippen LogP contribution in [0.15, 0.2) is 30.7 Å². The molecule has 0 atom stereocenters. The van der Waals surface area contributed by atoms with Crippen molar-refractivity contribution >= 4 is 11.5 Å². The van der Waals surface area contributed by atoms with Gasteiger partial charge in [-0.2, -0.15) is 18.3 Å². The maximum absolute atomic E-state index is 13.8. The topological polar surface area (TPSA) is 58.8 Å². The van der Waals surface area contributed by atoms with Crippen LogP contribution in [-0.2, 0) is 0 Å². The lowest BCUT2D eigenvalue weighted by atomic mass is 10.1. The van der Waals surface area contributed by atoms with E-state index in [0.29, 0.717) is 48.8 Å². The molecule has 1 aliphatic heterocycles. The molecule has 0 N–H and O–H groups in total. The van der Waals surface area contributed by atoms with Crippen molar-refractivity contribution in [1.82, 2.24) is 24.5 Å². The van der Waals surface area contributed by atoms with Gasteiger partial charge in [0.25, 0.3) is 0 Å². The SMILES string of the molecule is COc1ncc(F)cc1-c1cnn2ccc(N3CCN(CCC(F)(F)F)CC3)nc12. The molecule has 7 nitrogen and oxygen atoms in total. The fourth-order valence-corrected chi connectivity index (χ4v) is 3.49. The number of nitrogens with zero attached hydrogens (tertiary/aromatic N) is 6. The van der Waals surface area contributed by atoms with Crippen molar-refractivity contribution in [3.63, 3.8) is 0 Å². The molecule has 11 heteroatoms. The summed E-state index contributed by atoms with van der Waals surface area (Å²) in [5, 5.41) is 4.26. The number of halogens is 4. The Morgan fingerprint density at radius 2 is 1.87 bits per heavy atom. The van der Waals surface area contributed by atoms with Crippen LogP contribution < -0.4 is 9.64 Å². The summed E-state index contributed by atoms with van der Waals surface area (Å²) in [7, 11) is 1.45. The van der Waals surface area contributed by atoms with Gasteiger partial charge in [-0.25, -0.2) is 18.9 Å². The molecule has 1 saturated heterocycles. The van der Waals surface area contributed by atoms with E-state index in [1.807, 2.05) is 4.90 Å². The Morgan fingerprint density at radius 1 is 1.10 bits per heavy atom. The highest BCUT2D eigenvalue weighted by atomic mass is 19.4. The first-order chi connectivity index (χ1) is 14.3. The average molecular weight is 424 g/mol. The molecule has 0 amide bonds. The van der Waals surface area contributed by atoms with Gasteiger partial charge in [-0.15, -0.1) is 0 Å². The summed E-state index contributed by atoms with van der Waals surface area (Å²) in [4.78, 5) is 12.4. The molecule has 30 heavy (non-hydrogen) atoms. The zero-order chi connectivity index (χ0) is 21.3. The molecule has 0 saturated carbocycles. The van der Waals surface area contributed by atoms with Crippen LogP contribution in [0.1, 0.15) is 6.42 Å². The van der Waals surface area contributed by atoms with Gasteiger partial charge in [0.05, 0.1) is 37.1 Å². The second-order valence-electron chi connectivity index (χ2n) is 7.02. The van der Waals surface area contributed by atoms with E-state index in [1.54, 1.807) is 27.9 Å². The van der Waals surface area contributed by atoms with Crippen LogP contribution >= 0.6 is 0 Å². The van der Waals surface area contributed by atoms with Crippen LogP contribution in [0.5, 0.6) is 5.88 Å².